The van der Waals surface area contributed by atoms with Crippen molar-refractivity contribution in [2.24, 2.45) is 5.92 Å². The van der Waals surface area contributed by atoms with E-state index in [1.165, 1.54) is 0 Å². The standard InChI is InChI=1S/C18H24N4OS/c1-3-13(2)19-18(23)14-6-4-10-22(12-14)17-9-8-15(20-21-17)16-7-5-11-24-16/h5,7-9,11,13-14H,3-4,6,10,12H2,1-2H3,(H,19,23). The zero-order chi connectivity index (χ0) is 16.9. The van der Waals surface area contributed by atoms with E-state index >= 15 is 0 Å². The predicted octanol–water partition coefficient (Wildman–Crippen LogP) is 3.34. The van der Waals surface area contributed by atoms with E-state index in [1.807, 2.05) is 36.6 Å². The van der Waals surface area contributed by atoms with Gasteiger partial charge >= 0.3 is 0 Å². The third-order valence-electron chi connectivity index (χ3n) is 4.54. The van der Waals surface area contributed by atoms with E-state index < -0.39 is 0 Å². The number of thiophene rings is 1. The summed E-state index contributed by atoms with van der Waals surface area (Å²) < 4.78 is 0. The Morgan fingerprint density at radius 1 is 1.42 bits per heavy atom. The summed E-state index contributed by atoms with van der Waals surface area (Å²) in [6, 6.07) is 8.32. The highest BCUT2D eigenvalue weighted by Gasteiger charge is 2.27. The van der Waals surface area contributed by atoms with Crippen LogP contribution in [0.1, 0.15) is 33.1 Å². The minimum atomic E-state index is 0.0338. The zero-order valence-corrected chi connectivity index (χ0v) is 15.1. The number of piperidine rings is 1. The minimum absolute atomic E-state index is 0.0338. The molecule has 3 heterocycles. The SMILES string of the molecule is CCC(C)NC(=O)C1CCCN(c2ccc(-c3cccs3)nn2)C1. The van der Waals surface area contributed by atoms with Crippen LogP contribution in [0.2, 0.25) is 0 Å². The van der Waals surface area contributed by atoms with Gasteiger partial charge in [0, 0.05) is 19.1 Å². The summed E-state index contributed by atoms with van der Waals surface area (Å²) >= 11 is 1.66. The Morgan fingerprint density at radius 3 is 2.96 bits per heavy atom. The van der Waals surface area contributed by atoms with Gasteiger partial charge in [-0.1, -0.05) is 13.0 Å². The summed E-state index contributed by atoms with van der Waals surface area (Å²) in [5.74, 6) is 1.06. The van der Waals surface area contributed by atoms with Crippen LogP contribution in [0.5, 0.6) is 0 Å². The van der Waals surface area contributed by atoms with Crippen LogP contribution in [0.25, 0.3) is 10.6 Å². The van der Waals surface area contributed by atoms with Crippen LogP contribution in [0.4, 0.5) is 5.82 Å². The second-order valence-corrected chi connectivity index (χ2v) is 7.30. The molecule has 2 unspecified atom stereocenters. The first kappa shape index (κ1) is 16.9. The molecule has 2 aromatic rings. The number of amides is 1. The topological polar surface area (TPSA) is 58.1 Å². The quantitative estimate of drug-likeness (QED) is 0.904. The molecule has 1 aliphatic heterocycles. The molecule has 6 heteroatoms. The third kappa shape index (κ3) is 3.93. The molecular weight excluding hydrogens is 320 g/mol. The molecule has 5 nitrogen and oxygen atoms in total. The van der Waals surface area contributed by atoms with E-state index in [-0.39, 0.29) is 17.9 Å². The summed E-state index contributed by atoms with van der Waals surface area (Å²) in [4.78, 5) is 15.7. The van der Waals surface area contributed by atoms with Crippen molar-refractivity contribution in [3.63, 3.8) is 0 Å². The molecule has 1 amide bonds. The van der Waals surface area contributed by atoms with E-state index in [0.29, 0.717) is 0 Å². The Hall–Kier alpha value is -1.95. The minimum Gasteiger partial charge on any atom is -0.354 e. The van der Waals surface area contributed by atoms with Crippen LogP contribution < -0.4 is 10.2 Å². The molecule has 24 heavy (non-hydrogen) atoms. The predicted molar refractivity (Wildman–Crippen MR) is 98.2 cm³/mol. The Kier molecular flexibility index (Phi) is 5.45. The van der Waals surface area contributed by atoms with Crippen molar-refractivity contribution in [2.75, 3.05) is 18.0 Å². The van der Waals surface area contributed by atoms with Gasteiger partial charge in [-0.2, -0.15) is 0 Å². The molecule has 0 bridgehead atoms. The van der Waals surface area contributed by atoms with Gasteiger partial charge in [-0.15, -0.1) is 21.5 Å². The Morgan fingerprint density at radius 2 is 2.29 bits per heavy atom. The smallest absolute Gasteiger partial charge is 0.225 e. The fourth-order valence-corrected chi connectivity index (χ4v) is 3.60. The number of nitrogens with one attached hydrogen (secondary N) is 1. The normalized spacial score (nSPS) is 19.1. The second kappa shape index (κ2) is 7.75. The summed E-state index contributed by atoms with van der Waals surface area (Å²) in [6.07, 6.45) is 2.91. The summed E-state index contributed by atoms with van der Waals surface area (Å²) in [6.45, 7) is 5.78. The Bertz CT molecular complexity index is 656. The molecule has 2 aromatic heterocycles. The lowest BCUT2D eigenvalue weighted by molar-refractivity contribution is -0.125. The molecule has 1 N–H and O–H groups in total. The molecular formula is C18H24N4OS. The molecule has 0 radical (unpaired) electrons. The van der Waals surface area contributed by atoms with Gasteiger partial charge in [-0.3, -0.25) is 4.79 Å². The number of anilines is 1. The van der Waals surface area contributed by atoms with Crippen LogP contribution in [-0.2, 0) is 4.79 Å². The Labute approximate surface area is 147 Å². The van der Waals surface area contributed by atoms with Crippen LogP contribution >= 0.6 is 11.3 Å². The molecule has 1 aliphatic rings. The number of rotatable bonds is 5. The van der Waals surface area contributed by atoms with Crippen molar-refractivity contribution in [3.05, 3.63) is 29.6 Å². The second-order valence-electron chi connectivity index (χ2n) is 6.36. The van der Waals surface area contributed by atoms with Gasteiger partial charge in [0.15, 0.2) is 5.82 Å². The average molecular weight is 344 g/mol. The highest BCUT2D eigenvalue weighted by molar-refractivity contribution is 7.13. The van der Waals surface area contributed by atoms with Crippen molar-refractivity contribution in [1.82, 2.24) is 15.5 Å². The van der Waals surface area contributed by atoms with Crippen LogP contribution in [0.3, 0.4) is 0 Å². The summed E-state index contributed by atoms with van der Waals surface area (Å²) in [7, 11) is 0. The lowest BCUT2D eigenvalue weighted by Crippen LogP contribution is -2.45. The first-order valence-corrected chi connectivity index (χ1v) is 9.48. The van der Waals surface area contributed by atoms with Crippen LogP contribution in [-0.4, -0.2) is 35.2 Å². The monoisotopic (exact) mass is 344 g/mol. The van der Waals surface area contributed by atoms with Gasteiger partial charge in [-0.25, -0.2) is 0 Å². The van der Waals surface area contributed by atoms with E-state index in [1.54, 1.807) is 11.3 Å². The van der Waals surface area contributed by atoms with Crippen LogP contribution in [0.15, 0.2) is 29.6 Å². The molecule has 0 saturated carbocycles. The molecule has 3 rings (SSSR count). The molecule has 2 atom stereocenters. The maximum absolute atomic E-state index is 12.4. The first-order chi connectivity index (χ1) is 11.7. The van der Waals surface area contributed by atoms with Crippen molar-refractivity contribution in [3.8, 4) is 10.6 Å². The van der Waals surface area contributed by atoms with Gasteiger partial charge in [0.25, 0.3) is 0 Å². The van der Waals surface area contributed by atoms with E-state index in [4.69, 9.17) is 0 Å². The lowest BCUT2D eigenvalue weighted by Gasteiger charge is -2.33. The van der Waals surface area contributed by atoms with Crippen molar-refractivity contribution < 1.29 is 4.79 Å². The van der Waals surface area contributed by atoms with Crippen molar-refractivity contribution in [2.45, 2.75) is 39.2 Å². The molecule has 1 fully saturated rings. The molecule has 1 saturated heterocycles. The largest absolute Gasteiger partial charge is 0.354 e. The highest BCUT2D eigenvalue weighted by Crippen LogP contribution is 2.25. The first-order valence-electron chi connectivity index (χ1n) is 8.60. The van der Waals surface area contributed by atoms with Gasteiger partial charge in [0.05, 0.1) is 10.8 Å². The van der Waals surface area contributed by atoms with Crippen LogP contribution in [0, 0.1) is 5.92 Å². The number of carbonyl (C=O) groups is 1. The van der Waals surface area contributed by atoms with Gasteiger partial charge < -0.3 is 10.2 Å². The van der Waals surface area contributed by atoms with Gasteiger partial charge in [-0.05, 0) is 49.8 Å². The number of carbonyl (C=O) groups excluding carboxylic acids is 1. The summed E-state index contributed by atoms with van der Waals surface area (Å²) in [5.41, 5.74) is 0.900. The molecule has 0 aromatic carbocycles. The van der Waals surface area contributed by atoms with E-state index in [0.717, 1.165) is 48.7 Å². The highest BCUT2D eigenvalue weighted by atomic mass is 32.1. The van der Waals surface area contributed by atoms with Gasteiger partial charge in [0.1, 0.15) is 5.69 Å². The maximum atomic E-state index is 12.4. The fourth-order valence-electron chi connectivity index (χ4n) is 2.91. The van der Waals surface area contributed by atoms with Crippen molar-refractivity contribution >= 4 is 23.1 Å². The number of aromatic nitrogens is 2. The molecule has 0 spiro atoms. The number of hydrogen-bond acceptors (Lipinski definition) is 5. The van der Waals surface area contributed by atoms with E-state index in [9.17, 15) is 4.79 Å². The lowest BCUT2D eigenvalue weighted by atomic mass is 9.96. The number of hydrogen-bond donors (Lipinski definition) is 1. The van der Waals surface area contributed by atoms with Gasteiger partial charge in [0.2, 0.25) is 5.91 Å². The molecule has 0 aliphatic carbocycles. The third-order valence-corrected chi connectivity index (χ3v) is 5.43. The fraction of sp³-hybridized carbons (Fsp3) is 0.500. The Balaban J connectivity index is 1.65. The molecule has 128 valence electrons. The zero-order valence-electron chi connectivity index (χ0n) is 14.2. The average Bonchev–Trinajstić information content (AvgIpc) is 3.16. The van der Waals surface area contributed by atoms with E-state index in [2.05, 4.69) is 27.3 Å². The number of nitrogens with zero attached hydrogens (tertiary/aromatic N) is 3. The maximum Gasteiger partial charge on any atom is 0.225 e. The summed E-state index contributed by atoms with van der Waals surface area (Å²) in [5, 5.41) is 13.9. The van der Waals surface area contributed by atoms with Crippen molar-refractivity contribution in [1.29, 1.82) is 0 Å².